The van der Waals surface area contributed by atoms with Crippen LogP contribution >= 0.6 is 0 Å². The lowest BCUT2D eigenvalue weighted by Crippen LogP contribution is -2.49. The van der Waals surface area contributed by atoms with Gasteiger partial charge in [-0.15, -0.1) is 0 Å². The number of aryl methyl sites for hydroxylation is 2. The third-order valence-electron chi connectivity index (χ3n) is 5.12. The number of rotatable bonds is 4. The largest absolute Gasteiger partial charge is 0.334 e. The van der Waals surface area contributed by atoms with Crippen LogP contribution in [0.4, 0.5) is 0 Å². The van der Waals surface area contributed by atoms with Crippen molar-refractivity contribution in [2.45, 2.75) is 46.2 Å². The van der Waals surface area contributed by atoms with Crippen LogP contribution in [-0.4, -0.2) is 39.7 Å². The fourth-order valence-electron chi connectivity index (χ4n) is 3.72. The number of carbonyl (C=O) groups is 1. The van der Waals surface area contributed by atoms with Gasteiger partial charge in [0.1, 0.15) is 0 Å². The molecule has 1 amide bonds. The Morgan fingerprint density at radius 2 is 2.12 bits per heavy atom. The molecule has 0 radical (unpaired) electrons. The SMILES string of the molecule is Cc1cc(C)n(Cc2cccc(C(=O)N3CCC(C)CC3CN)c2)n1. The molecular formula is C20H28N4O. The summed E-state index contributed by atoms with van der Waals surface area (Å²) < 4.78 is 1.98. The Balaban J connectivity index is 1.78. The first-order chi connectivity index (χ1) is 12.0. The minimum absolute atomic E-state index is 0.0950. The molecule has 0 bridgehead atoms. The molecule has 0 aliphatic carbocycles. The van der Waals surface area contributed by atoms with Gasteiger partial charge in [-0.2, -0.15) is 5.10 Å². The van der Waals surface area contributed by atoms with E-state index in [1.807, 2.05) is 40.8 Å². The summed E-state index contributed by atoms with van der Waals surface area (Å²) in [6.07, 6.45) is 2.04. The summed E-state index contributed by atoms with van der Waals surface area (Å²) in [5.41, 5.74) is 9.89. The zero-order valence-corrected chi connectivity index (χ0v) is 15.4. The molecule has 0 saturated carbocycles. The average Bonchev–Trinajstić information content (AvgIpc) is 2.91. The normalized spacial score (nSPS) is 20.7. The van der Waals surface area contributed by atoms with E-state index in [-0.39, 0.29) is 11.9 Å². The fourth-order valence-corrected chi connectivity index (χ4v) is 3.72. The number of piperidine rings is 1. The van der Waals surface area contributed by atoms with Crippen molar-refractivity contribution in [3.05, 3.63) is 52.8 Å². The van der Waals surface area contributed by atoms with Gasteiger partial charge < -0.3 is 10.6 Å². The van der Waals surface area contributed by atoms with Gasteiger partial charge in [-0.3, -0.25) is 9.48 Å². The van der Waals surface area contributed by atoms with E-state index in [4.69, 9.17) is 5.73 Å². The van der Waals surface area contributed by atoms with Crippen LogP contribution in [0, 0.1) is 19.8 Å². The summed E-state index contributed by atoms with van der Waals surface area (Å²) in [6, 6.07) is 10.1. The number of nitrogens with two attached hydrogens (primary N) is 1. The van der Waals surface area contributed by atoms with E-state index < -0.39 is 0 Å². The molecule has 0 spiro atoms. The lowest BCUT2D eigenvalue weighted by molar-refractivity contribution is 0.0573. The molecule has 3 rings (SSSR count). The number of likely N-dealkylation sites (tertiary alicyclic amines) is 1. The van der Waals surface area contributed by atoms with Gasteiger partial charge in [0.15, 0.2) is 0 Å². The van der Waals surface area contributed by atoms with Gasteiger partial charge in [-0.1, -0.05) is 19.1 Å². The van der Waals surface area contributed by atoms with Crippen LogP contribution in [0.2, 0.25) is 0 Å². The maximum Gasteiger partial charge on any atom is 0.254 e. The molecule has 1 saturated heterocycles. The molecule has 2 atom stereocenters. The predicted molar refractivity (Wildman–Crippen MR) is 99.5 cm³/mol. The second kappa shape index (κ2) is 7.40. The molecule has 1 fully saturated rings. The Labute approximate surface area is 149 Å². The second-order valence-corrected chi connectivity index (χ2v) is 7.30. The van der Waals surface area contributed by atoms with Gasteiger partial charge >= 0.3 is 0 Å². The van der Waals surface area contributed by atoms with E-state index in [9.17, 15) is 4.79 Å². The molecule has 5 nitrogen and oxygen atoms in total. The van der Waals surface area contributed by atoms with Crippen molar-refractivity contribution in [1.82, 2.24) is 14.7 Å². The average molecular weight is 340 g/mol. The van der Waals surface area contributed by atoms with Gasteiger partial charge in [0, 0.05) is 30.4 Å². The van der Waals surface area contributed by atoms with Crippen LogP contribution in [0.1, 0.15) is 47.1 Å². The van der Waals surface area contributed by atoms with Crippen molar-refractivity contribution in [3.63, 3.8) is 0 Å². The molecule has 1 aliphatic heterocycles. The lowest BCUT2D eigenvalue weighted by atomic mass is 9.91. The number of benzene rings is 1. The Morgan fingerprint density at radius 3 is 2.80 bits per heavy atom. The summed E-state index contributed by atoms with van der Waals surface area (Å²) in [7, 11) is 0. The number of aromatic nitrogens is 2. The van der Waals surface area contributed by atoms with Crippen molar-refractivity contribution < 1.29 is 4.79 Å². The summed E-state index contributed by atoms with van der Waals surface area (Å²) in [6.45, 7) is 8.28. The van der Waals surface area contributed by atoms with E-state index in [0.29, 0.717) is 19.0 Å². The number of nitrogens with zero attached hydrogens (tertiary/aromatic N) is 3. The first-order valence-corrected chi connectivity index (χ1v) is 9.09. The van der Waals surface area contributed by atoms with Gasteiger partial charge in [0.25, 0.3) is 5.91 Å². The molecule has 5 heteroatoms. The monoisotopic (exact) mass is 340 g/mol. The lowest BCUT2D eigenvalue weighted by Gasteiger charge is -2.38. The van der Waals surface area contributed by atoms with Crippen molar-refractivity contribution in [2.24, 2.45) is 11.7 Å². The molecule has 134 valence electrons. The standard InChI is InChI=1S/C20H28N4O/c1-14-7-8-23(19(9-14)12-21)20(25)18-6-4-5-17(11-18)13-24-16(3)10-15(2)22-24/h4-6,10-11,14,19H,7-9,12-13,21H2,1-3H3. The first-order valence-electron chi connectivity index (χ1n) is 9.09. The van der Waals surface area contributed by atoms with Crippen LogP contribution in [-0.2, 0) is 6.54 Å². The summed E-state index contributed by atoms with van der Waals surface area (Å²) >= 11 is 0. The fraction of sp³-hybridized carbons (Fsp3) is 0.500. The molecule has 2 unspecified atom stereocenters. The highest BCUT2D eigenvalue weighted by Crippen LogP contribution is 2.24. The number of hydrogen-bond acceptors (Lipinski definition) is 3. The van der Waals surface area contributed by atoms with Crippen molar-refractivity contribution in [1.29, 1.82) is 0 Å². The third kappa shape index (κ3) is 3.93. The predicted octanol–water partition coefficient (Wildman–Crippen LogP) is 2.75. The molecular weight excluding hydrogens is 312 g/mol. The Kier molecular flexibility index (Phi) is 5.23. The van der Waals surface area contributed by atoms with Gasteiger partial charge in [-0.25, -0.2) is 0 Å². The highest BCUT2D eigenvalue weighted by molar-refractivity contribution is 5.94. The third-order valence-corrected chi connectivity index (χ3v) is 5.12. The van der Waals surface area contributed by atoms with Crippen molar-refractivity contribution in [2.75, 3.05) is 13.1 Å². The van der Waals surface area contributed by atoms with Gasteiger partial charge in [0.05, 0.1) is 12.2 Å². The maximum atomic E-state index is 13.0. The Hall–Kier alpha value is -2.14. The quantitative estimate of drug-likeness (QED) is 0.931. The van der Waals surface area contributed by atoms with E-state index >= 15 is 0 Å². The minimum Gasteiger partial charge on any atom is -0.334 e. The maximum absolute atomic E-state index is 13.0. The van der Waals surface area contributed by atoms with E-state index in [1.54, 1.807) is 0 Å². The van der Waals surface area contributed by atoms with Crippen LogP contribution in [0.3, 0.4) is 0 Å². The Morgan fingerprint density at radius 1 is 1.32 bits per heavy atom. The zero-order chi connectivity index (χ0) is 18.0. The number of hydrogen-bond donors (Lipinski definition) is 1. The highest BCUT2D eigenvalue weighted by atomic mass is 16.2. The van der Waals surface area contributed by atoms with Crippen LogP contribution in [0.15, 0.2) is 30.3 Å². The summed E-state index contributed by atoms with van der Waals surface area (Å²) in [5, 5.41) is 4.51. The number of carbonyl (C=O) groups excluding carboxylic acids is 1. The van der Waals surface area contributed by atoms with E-state index in [2.05, 4.69) is 25.0 Å². The van der Waals surface area contributed by atoms with Crippen LogP contribution in [0.5, 0.6) is 0 Å². The van der Waals surface area contributed by atoms with Crippen LogP contribution in [0.25, 0.3) is 0 Å². The molecule has 2 heterocycles. The smallest absolute Gasteiger partial charge is 0.254 e. The first kappa shape index (κ1) is 17.7. The molecule has 2 N–H and O–H groups in total. The number of amides is 1. The molecule has 1 aromatic heterocycles. The summed E-state index contributed by atoms with van der Waals surface area (Å²) in [5.74, 6) is 0.729. The van der Waals surface area contributed by atoms with Gasteiger partial charge in [0.2, 0.25) is 0 Å². The molecule has 1 aliphatic rings. The topological polar surface area (TPSA) is 64.2 Å². The molecule has 2 aromatic rings. The van der Waals surface area contributed by atoms with Crippen LogP contribution < -0.4 is 5.73 Å². The Bertz CT molecular complexity index is 752. The zero-order valence-electron chi connectivity index (χ0n) is 15.4. The minimum atomic E-state index is 0.0950. The molecule has 1 aromatic carbocycles. The molecule has 25 heavy (non-hydrogen) atoms. The van der Waals surface area contributed by atoms with E-state index in [0.717, 1.165) is 41.9 Å². The van der Waals surface area contributed by atoms with E-state index in [1.165, 1.54) is 0 Å². The van der Waals surface area contributed by atoms with Crippen molar-refractivity contribution in [3.8, 4) is 0 Å². The second-order valence-electron chi connectivity index (χ2n) is 7.30. The highest BCUT2D eigenvalue weighted by Gasteiger charge is 2.29. The van der Waals surface area contributed by atoms with Crippen molar-refractivity contribution >= 4 is 5.91 Å². The van der Waals surface area contributed by atoms with Gasteiger partial charge in [-0.05, 0) is 56.4 Å². The summed E-state index contributed by atoms with van der Waals surface area (Å²) in [4.78, 5) is 15.0.